The van der Waals surface area contributed by atoms with Crippen molar-refractivity contribution in [1.29, 1.82) is 0 Å². The normalized spacial score (nSPS) is 20.6. The van der Waals surface area contributed by atoms with Crippen molar-refractivity contribution in [3.8, 4) is 0 Å². The molecule has 14 heavy (non-hydrogen) atoms. The minimum absolute atomic E-state index is 0.00606. The van der Waals surface area contributed by atoms with Gasteiger partial charge in [-0.05, 0) is 0 Å². The quantitative estimate of drug-likeness (QED) is 0.584. The smallest absolute Gasteiger partial charge is 0.306 e. The monoisotopic (exact) mass is 200 g/mol. The molecule has 6 heteroatoms. The fourth-order valence-corrected chi connectivity index (χ4v) is 1.22. The van der Waals surface area contributed by atoms with Crippen LogP contribution in [-0.2, 0) is 19.1 Å². The van der Waals surface area contributed by atoms with Crippen LogP contribution >= 0.6 is 0 Å². The van der Waals surface area contributed by atoms with Crippen LogP contribution in [0.5, 0.6) is 0 Å². The second kappa shape index (κ2) is 4.08. The van der Waals surface area contributed by atoms with E-state index in [0.29, 0.717) is 0 Å². The molecule has 1 rings (SSSR count). The second-order valence-corrected chi connectivity index (χ2v) is 3.08. The molecule has 0 radical (unpaired) electrons. The summed E-state index contributed by atoms with van der Waals surface area (Å²) < 4.78 is 4.43. The Morgan fingerprint density at radius 3 is 2.71 bits per heavy atom. The summed E-state index contributed by atoms with van der Waals surface area (Å²) in [5.41, 5.74) is 2.37. The van der Waals surface area contributed by atoms with Gasteiger partial charge in [0, 0.05) is 6.92 Å². The molecule has 1 N–H and O–H groups in total. The van der Waals surface area contributed by atoms with Crippen molar-refractivity contribution in [3.05, 3.63) is 0 Å². The molecule has 6 nitrogen and oxygen atoms in total. The van der Waals surface area contributed by atoms with Gasteiger partial charge in [-0.25, -0.2) is 0 Å². The number of hydrogen-bond donors (Lipinski definition) is 1. The van der Waals surface area contributed by atoms with Crippen molar-refractivity contribution in [2.45, 2.75) is 13.3 Å². The van der Waals surface area contributed by atoms with Gasteiger partial charge in [0.25, 0.3) is 0 Å². The highest BCUT2D eigenvalue weighted by Gasteiger charge is 2.33. The predicted octanol–water partition coefficient (Wildman–Crippen LogP) is -0.941. The first-order valence-corrected chi connectivity index (χ1v) is 4.20. The highest BCUT2D eigenvalue weighted by atomic mass is 16.5. The van der Waals surface area contributed by atoms with E-state index in [1.807, 2.05) is 0 Å². The van der Waals surface area contributed by atoms with Gasteiger partial charge in [-0.3, -0.25) is 24.8 Å². The van der Waals surface area contributed by atoms with Gasteiger partial charge >= 0.3 is 5.97 Å². The van der Waals surface area contributed by atoms with E-state index in [2.05, 4.69) is 10.2 Å². The number of ether oxygens (including phenoxy) is 1. The molecule has 0 spiro atoms. The Balaban J connectivity index is 2.53. The van der Waals surface area contributed by atoms with Crippen LogP contribution in [0.15, 0.2) is 0 Å². The fraction of sp³-hybridized carbons (Fsp3) is 0.625. The maximum atomic E-state index is 11.2. The molecular formula is C8H12N2O4. The van der Waals surface area contributed by atoms with Gasteiger partial charge in [-0.1, -0.05) is 0 Å². The van der Waals surface area contributed by atoms with E-state index in [-0.39, 0.29) is 24.8 Å². The van der Waals surface area contributed by atoms with Crippen LogP contribution in [0, 0.1) is 5.92 Å². The van der Waals surface area contributed by atoms with Crippen LogP contribution in [0.25, 0.3) is 0 Å². The molecule has 0 aliphatic carbocycles. The Hall–Kier alpha value is -1.59. The maximum Gasteiger partial charge on any atom is 0.306 e. The van der Waals surface area contributed by atoms with Crippen molar-refractivity contribution < 1.29 is 19.1 Å². The first kappa shape index (κ1) is 10.5. The standard InChI is InChI=1S/C8H12N2O4/c1-5(11)10-4-6(8(13)9-10)3-7(12)14-2/h6H,3-4H2,1-2H3,(H,9,13). The molecule has 0 saturated carbocycles. The van der Waals surface area contributed by atoms with Gasteiger partial charge in [0.05, 0.1) is 26.0 Å². The third kappa shape index (κ3) is 2.21. The highest BCUT2D eigenvalue weighted by molar-refractivity contribution is 5.88. The van der Waals surface area contributed by atoms with Crippen LogP contribution < -0.4 is 5.43 Å². The predicted molar refractivity (Wildman–Crippen MR) is 45.7 cm³/mol. The molecule has 1 unspecified atom stereocenters. The van der Waals surface area contributed by atoms with Gasteiger partial charge in [0.2, 0.25) is 11.8 Å². The number of methoxy groups -OCH3 is 1. The molecule has 1 aliphatic rings. The van der Waals surface area contributed by atoms with Gasteiger partial charge in [-0.2, -0.15) is 0 Å². The van der Waals surface area contributed by atoms with E-state index in [1.165, 1.54) is 19.0 Å². The SMILES string of the molecule is COC(=O)CC1CN(C(C)=O)NC1=O. The van der Waals surface area contributed by atoms with Crippen LogP contribution in [0.1, 0.15) is 13.3 Å². The van der Waals surface area contributed by atoms with E-state index in [4.69, 9.17) is 0 Å². The lowest BCUT2D eigenvalue weighted by atomic mass is 10.1. The number of carbonyl (C=O) groups is 3. The topological polar surface area (TPSA) is 75.7 Å². The van der Waals surface area contributed by atoms with Crippen LogP contribution in [-0.4, -0.2) is 36.4 Å². The summed E-state index contributed by atoms with van der Waals surface area (Å²) in [6.45, 7) is 1.57. The molecule has 78 valence electrons. The van der Waals surface area contributed by atoms with Gasteiger partial charge in [0.15, 0.2) is 0 Å². The summed E-state index contributed by atoms with van der Waals surface area (Å²) in [6.07, 6.45) is 0.00606. The molecule has 0 aromatic rings. The molecule has 0 aromatic heterocycles. The lowest BCUT2D eigenvalue weighted by Crippen LogP contribution is -2.36. The van der Waals surface area contributed by atoms with Crippen LogP contribution in [0.4, 0.5) is 0 Å². The van der Waals surface area contributed by atoms with Crippen molar-refractivity contribution >= 4 is 17.8 Å². The molecule has 0 aromatic carbocycles. The third-order valence-corrected chi connectivity index (χ3v) is 2.04. The number of carbonyl (C=O) groups excluding carboxylic acids is 3. The van der Waals surface area contributed by atoms with Crippen LogP contribution in [0.2, 0.25) is 0 Å². The first-order valence-electron chi connectivity index (χ1n) is 4.20. The number of nitrogens with one attached hydrogen (secondary N) is 1. The molecule has 1 fully saturated rings. The van der Waals surface area contributed by atoms with E-state index >= 15 is 0 Å². The third-order valence-electron chi connectivity index (χ3n) is 2.04. The van der Waals surface area contributed by atoms with Crippen molar-refractivity contribution in [2.75, 3.05) is 13.7 Å². The fourth-order valence-electron chi connectivity index (χ4n) is 1.22. The van der Waals surface area contributed by atoms with E-state index in [1.54, 1.807) is 0 Å². The number of nitrogens with zero attached hydrogens (tertiary/aromatic N) is 1. The highest BCUT2D eigenvalue weighted by Crippen LogP contribution is 2.12. The molecule has 1 saturated heterocycles. The van der Waals surface area contributed by atoms with Gasteiger partial charge in [0.1, 0.15) is 0 Å². The Kier molecular flexibility index (Phi) is 3.06. The lowest BCUT2D eigenvalue weighted by Gasteiger charge is -2.11. The van der Waals surface area contributed by atoms with E-state index < -0.39 is 11.9 Å². The largest absolute Gasteiger partial charge is 0.469 e. The number of amides is 2. The van der Waals surface area contributed by atoms with Crippen LogP contribution in [0.3, 0.4) is 0 Å². The number of esters is 1. The van der Waals surface area contributed by atoms with E-state index in [0.717, 1.165) is 0 Å². The summed E-state index contributed by atoms with van der Waals surface area (Å²) in [5, 5.41) is 1.19. The summed E-state index contributed by atoms with van der Waals surface area (Å²) in [5.74, 6) is -1.50. The first-order chi connectivity index (χ1) is 6.54. The average molecular weight is 200 g/mol. The Morgan fingerprint density at radius 1 is 1.64 bits per heavy atom. The number of rotatable bonds is 2. The zero-order valence-corrected chi connectivity index (χ0v) is 8.07. The van der Waals surface area contributed by atoms with Crippen molar-refractivity contribution in [3.63, 3.8) is 0 Å². The van der Waals surface area contributed by atoms with Crippen molar-refractivity contribution in [2.24, 2.45) is 5.92 Å². The zero-order chi connectivity index (χ0) is 10.7. The Bertz CT molecular complexity index is 277. The number of hydrazine groups is 1. The minimum Gasteiger partial charge on any atom is -0.469 e. The lowest BCUT2D eigenvalue weighted by molar-refractivity contribution is -0.143. The second-order valence-electron chi connectivity index (χ2n) is 3.08. The summed E-state index contributed by atoms with van der Waals surface area (Å²) >= 11 is 0. The van der Waals surface area contributed by atoms with Gasteiger partial charge in [-0.15, -0.1) is 0 Å². The van der Waals surface area contributed by atoms with Crippen molar-refractivity contribution in [1.82, 2.24) is 10.4 Å². The zero-order valence-electron chi connectivity index (χ0n) is 8.07. The summed E-state index contributed by atoms with van der Waals surface area (Å²) in [6, 6.07) is 0. The summed E-state index contributed by atoms with van der Waals surface area (Å²) in [7, 11) is 1.26. The molecule has 1 atom stereocenters. The Morgan fingerprint density at radius 2 is 2.29 bits per heavy atom. The summed E-state index contributed by atoms with van der Waals surface area (Å²) in [4.78, 5) is 33.0. The number of hydrogen-bond acceptors (Lipinski definition) is 4. The maximum absolute atomic E-state index is 11.2. The molecule has 1 aliphatic heterocycles. The van der Waals surface area contributed by atoms with E-state index in [9.17, 15) is 14.4 Å². The molecule has 0 bridgehead atoms. The molecular weight excluding hydrogens is 188 g/mol. The molecule has 2 amide bonds. The Labute approximate surface area is 81.2 Å². The molecule has 1 heterocycles. The minimum atomic E-state index is -0.494. The average Bonchev–Trinajstić information content (AvgIpc) is 2.48. The van der Waals surface area contributed by atoms with Gasteiger partial charge < -0.3 is 4.74 Å².